The number of H-pyrrole nitrogens is 1. The van der Waals surface area contributed by atoms with Crippen molar-refractivity contribution in [3.8, 4) is 11.8 Å². The summed E-state index contributed by atoms with van der Waals surface area (Å²) in [4.78, 5) is 21.6. The summed E-state index contributed by atoms with van der Waals surface area (Å²) in [6.45, 7) is 7.14. The van der Waals surface area contributed by atoms with Gasteiger partial charge in [-0.15, -0.1) is 11.3 Å². The fraction of sp³-hybridized carbons (Fsp3) is 0.348. The predicted molar refractivity (Wildman–Crippen MR) is 130 cm³/mol. The Morgan fingerprint density at radius 1 is 1.15 bits per heavy atom. The molecule has 0 amide bonds. The summed E-state index contributed by atoms with van der Waals surface area (Å²) in [6.07, 6.45) is 2.70. The van der Waals surface area contributed by atoms with Gasteiger partial charge in [0.05, 0.1) is 5.52 Å². The topological polar surface area (TPSA) is 82.2 Å². The Kier molecular flexibility index (Phi) is 6.05. The molecule has 0 unspecified atom stereocenters. The standard InChI is InChI=1S/C23H25F2N7OS/c1-4-14-12-26-23(34-14)29-18-11-19(32-7-5-31(3)6-8-32)30-22(28-18)33-17-10-16(24)21-15(20(17)25)9-13(2)27-21/h9-12,27H,4-8H2,1-3H3,(H,26,28,29,30). The van der Waals surface area contributed by atoms with Crippen molar-refractivity contribution in [3.05, 3.63) is 46.6 Å². The van der Waals surface area contributed by atoms with Gasteiger partial charge in [0, 0.05) is 60.5 Å². The third-order valence-electron chi connectivity index (χ3n) is 5.76. The normalized spacial score (nSPS) is 14.7. The second-order valence-electron chi connectivity index (χ2n) is 8.31. The smallest absolute Gasteiger partial charge is 0.326 e. The number of nitrogens with zero attached hydrogens (tertiary/aromatic N) is 5. The van der Waals surface area contributed by atoms with Crippen LogP contribution in [0.1, 0.15) is 17.5 Å². The molecule has 1 saturated heterocycles. The molecule has 1 aliphatic rings. The molecular weight excluding hydrogens is 460 g/mol. The van der Waals surface area contributed by atoms with Crippen LogP contribution in [-0.4, -0.2) is 58.1 Å². The van der Waals surface area contributed by atoms with Crippen LogP contribution in [0.15, 0.2) is 24.4 Å². The molecule has 11 heteroatoms. The minimum absolute atomic E-state index is 0.0730. The van der Waals surface area contributed by atoms with E-state index in [0.717, 1.165) is 43.5 Å². The second kappa shape index (κ2) is 9.15. The molecule has 0 saturated carbocycles. The number of halogens is 2. The summed E-state index contributed by atoms with van der Waals surface area (Å²) >= 11 is 1.53. The quantitative estimate of drug-likeness (QED) is 0.404. The van der Waals surface area contributed by atoms with Crippen molar-refractivity contribution >= 4 is 39.0 Å². The maximum absolute atomic E-state index is 15.1. The van der Waals surface area contributed by atoms with E-state index >= 15 is 4.39 Å². The van der Waals surface area contributed by atoms with E-state index in [1.807, 2.05) is 12.3 Å². The number of fused-ring (bicyclic) bond motifs is 1. The first-order valence-corrected chi connectivity index (χ1v) is 11.9. The molecule has 0 atom stereocenters. The Morgan fingerprint density at radius 3 is 2.68 bits per heavy atom. The Bertz CT molecular complexity index is 1330. The second-order valence-corrected chi connectivity index (χ2v) is 9.42. The van der Waals surface area contributed by atoms with E-state index in [9.17, 15) is 4.39 Å². The lowest BCUT2D eigenvalue weighted by molar-refractivity contribution is 0.311. The van der Waals surface area contributed by atoms with Gasteiger partial charge >= 0.3 is 6.01 Å². The summed E-state index contributed by atoms with van der Waals surface area (Å²) in [6, 6.07) is 4.31. The van der Waals surface area contributed by atoms with E-state index in [2.05, 4.69) is 49.0 Å². The Morgan fingerprint density at radius 2 is 1.94 bits per heavy atom. The number of piperazine rings is 1. The molecule has 4 aromatic rings. The average molecular weight is 486 g/mol. The third kappa shape index (κ3) is 4.53. The summed E-state index contributed by atoms with van der Waals surface area (Å²) in [5.74, 6) is -0.435. The van der Waals surface area contributed by atoms with E-state index in [4.69, 9.17) is 4.74 Å². The lowest BCUT2D eigenvalue weighted by Gasteiger charge is -2.33. The molecule has 0 bridgehead atoms. The van der Waals surface area contributed by atoms with Crippen molar-refractivity contribution < 1.29 is 13.5 Å². The molecule has 178 valence electrons. The fourth-order valence-corrected chi connectivity index (χ4v) is 4.62. The van der Waals surface area contributed by atoms with Gasteiger partial charge in [-0.05, 0) is 26.5 Å². The molecule has 1 aromatic carbocycles. The zero-order chi connectivity index (χ0) is 23.8. The number of aromatic nitrogens is 4. The van der Waals surface area contributed by atoms with Crippen LogP contribution in [0.3, 0.4) is 0 Å². The number of likely N-dealkylation sites (N-methyl/N-ethyl adjacent to an activating group) is 1. The molecule has 1 aliphatic heterocycles. The van der Waals surface area contributed by atoms with Gasteiger partial charge in [-0.3, -0.25) is 0 Å². The Balaban J connectivity index is 1.51. The maximum Gasteiger partial charge on any atom is 0.326 e. The minimum Gasteiger partial charge on any atom is -0.421 e. The van der Waals surface area contributed by atoms with E-state index in [0.29, 0.717) is 22.5 Å². The van der Waals surface area contributed by atoms with E-state index in [1.165, 1.54) is 11.3 Å². The molecule has 0 spiro atoms. The van der Waals surface area contributed by atoms with Gasteiger partial charge < -0.3 is 24.8 Å². The van der Waals surface area contributed by atoms with Gasteiger partial charge in [-0.25, -0.2) is 13.8 Å². The molecule has 0 radical (unpaired) electrons. The molecule has 3 aromatic heterocycles. The molecule has 5 rings (SSSR count). The van der Waals surface area contributed by atoms with Crippen molar-refractivity contribution in [2.75, 3.05) is 43.4 Å². The van der Waals surface area contributed by atoms with E-state index in [1.54, 1.807) is 13.0 Å². The SMILES string of the molecule is CCc1cnc(Nc2cc(N3CCN(C)CC3)nc(Oc3cc(F)c4[nH]c(C)cc4c3F)n2)s1. The highest BCUT2D eigenvalue weighted by Crippen LogP contribution is 2.33. The van der Waals surface area contributed by atoms with Crippen LogP contribution >= 0.6 is 11.3 Å². The number of anilines is 3. The van der Waals surface area contributed by atoms with Crippen molar-refractivity contribution in [1.29, 1.82) is 0 Å². The molecule has 1 fully saturated rings. The molecule has 34 heavy (non-hydrogen) atoms. The summed E-state index contributed by atoms with van der Waals surface area (Å²) in [5, 5.41) is 4.01. The lowest BCUT2D eigenvalue weighted by atomic mass is 10.2. The van der Waals surface area contributed by atoms with Gasteiger partial charge in [0.25, 0.3) is 0 Å². The predicted octanol–water partition coefficient (Wildman–Crippen LogP) is 4.85. The van der Waals surface area contributed by atoms with Gasteiger partial charge in [-0.1, -0.05) is 6.92 Å². The first kappa shape index (κ1) is 22.5. The number of ether oxygens (including phenoxy) is 1. The highest BCUT2D eigenvalue weighted by Gasteiger charge is 2.21. The van der Waals surface area contributed by atoms with Crippen LogP contribution < -0.4 is 15.0 Å². The number of hydrogen-bond donors (Lipinski definition) is 2. The highest BCUT2D eigenvalue weighted by molar-refractivity contribution is 7.15. The number of thiazole rings is 1. The molecule has 2 N–H and O–H groups in total. The number of nitrogens with one attached hydrogen (secondary N) is 2. The van der Waals surface area contributed by atoms with Crippen molar-refractivity contribution in [2.45, 2.75) is 20.3 Å². The molecule has 4 heterocycles. The van der Waals surface area contributed by atoms with Crippen molar-refractivity contribution in [1.82, 2.24) is 24.8 Å². The highest BCUT2D eigenvalue weighted by atomic mass is 32.1. The van der Waals surface area contributed by atoms with Crippen molar-refractivity contribution in [3.63, 3.8) is 0 Å². The summed E-state index contributed by atoms with van der Waals surface area (Å²) in [7, 11) is 2.07. The maximum atomic E-state index is 15.1. The third-order valence-corrected chi connectivity index (χ3v) is 6.82. The Labute approximate surface area is 199 Å². The lowest BCUT2D eigenvalue weighted by Crippen LogP contribution is -2.44. The summed E-state index contributed by atoms with van der Waals surface area (Å²) < 4.78 is 35.4. The van der Waals surface area contributed by atoms with Crippen molar-refractivity contribution in [2.24, 2.45) is 0 Å². The Hall–Kier alpha value is -3.31. The fourth-order valence-electron chi connectivity index (χ4n) is 3.87. The van der Waals surface area contributed by atoms with Crippen LogP contribution in [0.2, 0.25) is 0 Å². The van der Waals surface area contributed by atoms with Crippen LogP contribution in [0.25, 0.3) is 10.9 Å². The minimum atomic E-state index is -0.670. The largest absolute Gasteiger partial charge is 0.421 e. The van der Waals surface area contributed by atoms with Crippen LogP contribution in [0.4, 0.5) is 25.5 Å². The van der Waals surface area contributed by atoms with Gasteiger partial charge in [-0.2, -0.15) is 9.97 Å². The number of hydrogen-bond acceptors (Lipinski definition) is 8. The number of rotatable bonds is 6. The molecular formula is C23H25F2N7OS. The number of aryl methyl sites for hydroxylation is 2. The zero-order valence-electron chi connectivity index (χ0n) is 19.2. The number of benzene rings is 1. The van der Waals surface area contributed by atoms with Gasteiger partial charge in [0.2, 0.25) is 0 Å². The average Bonchev–Trinajstić information content (AvgIpc) is 3.44. The van der Waals surface area contributed by atoms with E-state index < -0.39 is 11.6 Å². The van der Waals surface area contributed by atoms with Crippen LogP contribution in [-0.2, 0) is 6.42 Å². The zero-order valence-corrected chi connectivity index (χ0v) is 20.0. The monoisotopic (exact) mass is 485 g/mol. The van der Waals surface area contributed by atoms with Crippen LogP contribution in [0.5, 0.6) is 11.8 Å². The molecule has 0 aliphatic carbocycles. The van der Waals surface area contributed by atoms with E-state index in [-0.39, 0.29) is 22.7 Å². The summed E-state index contributed by atoms with van der Waals surface area (Å²) in [5.41, 5.74) is 0.756. The molecule has 8 nitrogen and oxygen atoms in total. The van der Waals surface area contributed by atoms with Gasteiger partial charge in [0.15, 0.2) is 22.5 Å². The van der Waals surface area contributed by atoms with Crippen LogP contribution in [0, 0.1) is 18.6 Å². The first-order valence-electron chi connectivity index (χ1n) is 11.1. The van der Waals surface area contributed by atoms with Gasteiger partial charge in [0.1, 0.15) is 11.6 Å². The first-order chi connectivity index (χ1) is 16.4. The number of aromatic amines is 1.